The Balaban J connectivity index is 1.26. The summed E-state index contributed by atoms with van der Waals surface area (Å²) in [4.78, 5) is 14.9. The number of benzene rings is 3. The summed E-state index contributed by atoms with van der Waals surface area (Å²) in [6, 6.07) is 22.8. The molecular weight excluding hydrogens is 426 g/mol. The van der Waals surface area contributed by atoms with Crippen LogP contribution in [0, 0.1) is 5.92 Å². The van der Waals surface area contributed by atoms with Crippen LogP contribution in [-0.2, 0) is 11.3 Å². The molecular formula is C24H24BrN3O. The van der Waals surface area contributed by atoms with E-state index >= 15 is 0 Å². The van der Waals surface area contributed by atoms with Gasteiger partial charge in [0.05, 0.1) is 6.21 Å². The van der Waals surface area contributed by atoms with Crippen molar-refractivity contribution in [2.24, 2.45) is 11.0 Å². The minimum atomic E-state index is 0.0188. The Morgan fingerprint density at radius 1 is 1.03 bits per heavy atom. The average Bonchev–Trinajstić information content (AvgIpc) is 2.76. The standard InChI is InChI=1S/C24H24BrN3O/c25-23-9-6-18(7-10-23)17-28-13-11-21(12-14-28)24(29)27-26-16-19-5-8-20-3-1-2-4-22(20)15-19/h1-10,15-16,21H,11-14,17H2,(H,27,29). The molecule has 0 aromatic heterocycles. The molecule has 0 unspecified atom stereocenters. The number of hydrogen-bond donors (Lipinski definition) is 1. The van der Waals surface area contributed by atoms with Crippen molar-refractivity contribution in [1.82, 2.24) is 10.3 Å². The zero-order chi connectivity index (χ0) is 20.1. The lowest BCUT2D eigenvalue weighted by Crippen LogP contribution is -2.39. The first kappa shape index (κ1) is 19.8. The van der Waals surface area contributed by atoms with Gasteiger partial charge in [-0.05, 0) is 66.0 Å². The Morgan fingerprint density at radius 3 is 2.52 bits per heavy atom. The van der Waals surface area contributed by atoms with E-state index < -0.39 is 0 Å². The van der Waals surface area contributed by atoms with Gasteiger partial charge in [0, 0.05) is 16.9 Å². The summed E-state index contributed by atoms with van der Waals surface area (Å²) in [5.74, 6) is 0.0512. The van der Waals surface area contributed by atoms with E-state index in [1.165, 1.54) is 16.3 Å². The molecule has 0 spiro atoms. The zero-order valence-corrected chi connectivity index (χ0v) is 17.8. The molecule has 1 aliphatic heterocycles. The molecule has 4 rings (SSSR count). The number of likely N-dealkylation sites (tertiary alicyclic amines) is 1. The maximum atomic E-state index is 12.5. The first-order valence-corrected chi connectivity index (χ1v) is 10.8. The van der Waals surface area contributed by atoms with E-state index in [1.807, 2.05) is 18.2 Å². The second-order valence-electron chi connectivity index (χ2n) is 7.52. The third-order valence-corrected chi connectivity index (χ3v) is 5.97. The van der Waals surface area contributed by atoms with Crippen molar-refractivity contribution in [3.05, 3.63) is 82.3 Å². The fourth-order valence-electron chi connectivity index (χ4n) is 3.75. The Morgan fingerprint density at radius 2 is 1.76 bits per heavy atom. The Labute approximate surface area is 179 Å². The van der Waals surface area contributed by atoms with E-state index in [2.05, 4.69) is 79.9 Å². The lowest BCUT2D eigenvalue weighted by Gasteiger charge is -2.30. The van der Waals surface area contributed by atoms with Gasteiger partial charge in [-0.2, -0.15) is 5.10 Å². The van der Waals surface area contributed by atoms with Crippen LogP contribution in [0.25, 0.3) is 10.8 Å². The molecule has 0 aliphatic carbocycles. The molecule has 3 aromatic carbocycles. The minimum absolute atomic E-state index is 0.0188. The number of carbonyl (C=O) groups excluding carboxylic acids is 1. The summed E-state index contributed by atoms with van der Waals surface area (Å²) >= 11 is 3.47. The molecule has 1 saturated heterocycles. The largest absolute Gasteiger partial charge is 0.299 e. The minimum Gasteiger partial charge on any atom is -0.299 e. The van der Waals surface area contributed by atoms with Crippen molar-refractivity contribution in [3.8, 4) is 0 Å². The van der Waals surface area contributed by atoms with E-state index in [-0.39, 0.29) is 11.8 Å². The van der Waals surface area contributed by atoms with Crippen molar-refractivity contribution >= 4 is 38.8 Å². The lowest BCUT2D eigenvalue weighted by molar-refractivity contribution is -0.126. The van der Waals surface area contributed by atoms with Crippen LogP contribution in [0.3, 0.4) is 0 Å². The second kappa shape index (κ2) is 9.33. The second-order valence-corrected chi connectivity index (χ2v) is 8.43. The van der Waals surface area contributed by atoms with Gasteiger partial charge in [0.25, 0.3) is 0 Å². The van der Waals surface area contributed by atoms with Crippen LogP contribution in [0.1, 0.15) is 24.0 Å². The molecule has 0 atom stereocenters. The molecule has 3 aromatic rings. The number of rotatable bonds is 5. The number of carbonyl (C=O) groups is 1. The fourth-order valence-corrected chi connectivity index (χ4v) is 4.02. The van der Waals surface area contributed by atoms with E-state index in [1.54, 1.807) is 6.21 Å². The van der Waals surface area contributed by atoms with Crippen molar-refractivity contribution in [3.63, 3.8) is 0 Å². The van der Waals surface area contributed by atoms with Crippen LogP contribution in [0.2, 0.25) is 0 Å². The van der Waals surface area contributed by atoms with Gasteiger partial charge in [-0.1, -0.05) is 64.5 Å². The topological polar surface area (TPSA) is 44.7 Å². The first-order valence-electron chi connectivity index (χ1n) is 9.96. The van der Waals surface area contributed by atoms with Gasteiger partial charge in [0.1, 0.15) is 0 Å². The van der Waals surface area contributed by atoms with Crippen LogP contribution in [0.4, 0.5) is 0 Å². The molecule has 5 heteroatoms. The first-order chi connectivity index (χ1) is 14.2. The number of amides is 1. The summed E-state index contributed by atoms with van der Waals surface area (Å²) < 4.78 is 1.10. The van der Waals surface area contributed by atoms with Crippen LogP contribution >= 0.6 is 15.9 Å². The van der Waals surface area contributed by atoms with Gasteiger partial charge in [0.15, 0.2) is 0 Å². The average molecular weight is 450 g/mol. The number of hydrazone groups is 1. The third kappa shape index (κ3) is 5.31. The molecule has 0 radical (unpaired) electrons. The predicted octanol–water partition coefficient (Wildman–Crippen LogP) is 4.96. The molecule has 4 nitrogen and oxygen atoms in total. The normalized spacial score (nSPS) is 15.8. The monoisotopic (exact) mass is 449 g/mol. The van der Waals surface area contributed by atoms with E-state index in [4.69, 9.17) is 0 Å². The summed E-state index contributed by atoms with van der Waals surface area (Å²) in [6.45, 7) is 2.80. The number of hydrogen-bond acceptors (Lipinski definition) is 3. The van der Waals surface area contributed by atoms with Gasteiger partial charge in [-0.15, -0.1) is 0 Å². The number of halogens is 1. The molecule has 1 aliphatic rings. The van der Waals surface area contributed by atoms with Crippen LogP contribution in [0.5, 0.6) is 0 Å². The van der Waals surface area contributed by atoms with Gasteiger partial charge >= 0.3 is 0 Å². The molecule has 0 saturated carbocycles. The van der Waals surface area contributed by atoms with Gasteiger partial charge in [-0.3, -0.25) is 9.69 Å². The van der Waals surface area contributed by atoms with Gasteiger partial charge < -0.3 is 0 Å². The maximum Gasteiger partial charge on any atom is 0.243 e. The summed E-state index contributed by atoms with van der Waals surface area (Å²) in [5, 5.41) is 6.54. The molecule has 1 amide bonds. The summed E-state index contributed by atoms with van der Waals surface area (Å²) in [6.07, 6.45) is 3.45. The Bertz CT molecular complexity index is 1010. The number of nitrogens with one attached hydrogen (secondary N) is 1. The zero-order valence-electron chi connectivity index (χ0n) is 16.2. The highest BCUT2D eigenvalue weighted by molar-refractivity contribution is 9.10. The molecule has 1 fully saturated rings. The quantitative estimate of drug-likeness (QED) is 0.441. The fraction of sp³-hybridized carbons (Fsp3) is 0.250. The third-order valence-electron chi connectivity index (χ3n) is 5.44. The highest BCUT2D eigenvalue weighted by Gasteiger charge is 2.24. The molecule has 1 N–H and O–H groups in total. The van der Waals surface area contributed by atoms with Crippen molar-refractivity contribution in [2.75, 3.05) is 13.1 Å². The molecule has 1 heterocycles. The van der Waals surface area contributed by atoms with E-state index in [9.17, 15) is 4.79 Å². The van der Waals surface area contributed by atoms with Gasteiger partial charge in [0.2, 0.25) is 5.91 Å². The number of nitrogens with zero attached hydrogens (tertiary/aromatic N) is 2. The summed E-state index contributed by atoms with van der Waals surface area (Å²) in [7, 11) is 0. The smallest absolute Gasteiger partial charge is 0.243 e. The van der Waals surface area contributed by atoms with Crippen molar-refractivity contribution in [1.29, 1.82) is 0 Å². The molecule has 0 bridgehead atoms. The highest BCUT2D eigenvalue weighted by Crippen LogP contribution is 2.20. The highest BCUT2D eigenvalue weighted by atomic mass is 79.9. The van der Waals surface area contributed by atoms with Crippen LogP contribution in [0.15, 0.2) is 76.3 Å². The number of fused-ring (bicyclic) bond motifs is 1. The Hall–Kier alpha value is -2.50. The molecule has 29 heavy (non-hydrogen) atoms. The van der Waals surface area contributed by atoms with Crippen molar-refractivity contribution in [2.45, 2.75) is 19.4 Å². The van der Waals surface area contributed by atoms with E-state index in [0.29, 0.717) is 0 Å². The predicted molar refractivity (Wildman–Crippen MR) is 122 cm³/mol. The Kier molecular flexibility index (Phi) is 6.37. The molecule has 148 valence electrons. The maximum absolute atomic E-state index is 12.5. The van der Waals surface area contributed by atoms with E-state index in [0.717, 1.165) is 42.5 Å². The number of piperidine rings is 1. The van der Waals surface area contributed by atoms with Gasteiger partial charge in [-0.25, -0.2) is 5.43 Å². The SMILES string of the molecule is O=C(NN=Cc1ccc2ccccc2c1)C1CCN(Cc2ccc(Br)cc2)CC1. The lowest BCUT2D eigenvalue weighted by atomic mass is 9.96. The van der Waals surface area contributed by atoms with Crippen molar-refractivity contribution < 1.29 is 4.79 Å². The van der Waals surface area contributed by atoms with Crippen LogP contribution < -0.4 is 5.43 Å². The summed E-state index contributed by atoms with van der Waals surface area (Å²) in [5.41, 5.74) is 5.01. The van der Waals surface area contributed by atoms with Crippen LogP contribution in [-0.4, -0.2) is 30.1 Å².